The van der Waals surface area contributed by atoms with Gasteiger partial charge in [-0.1, -0.05) is 42.1 Å². The Labute approximate surface area is 195 Å². The first-order valence-electron chi connectivity index (χ1n) is 10.2. The van der Waals surface area contributed by atoms with E-state index in [9.17, 15) is 9.18 Å². The van der Waals surface area contributed by atoms with Gasteiger partial charge in [0.05, 0.1) is 30.7 Å². The van der Waals surface area contributed by atoms with Crippen LogP contribution in [0.1, 0.15) is 18.7 Å². The van der Waals surface area contributed by atoms with Gasteiger partial charge < -0.3 is 9.64 Å². The molecule has 33 heavy (non-hydrogen) atoms. The highest BCUT2D eigenvalue weighted by Gasteiger charge is 2.19. The van der Waals surface area contributed by atoms with Crippen LogP contribution in [0.2, 0.25) is 0 Å². The molecule has 168 valence electrons. The molecule has 0 aliphatic heterocycles. The molecule has 2 aromatic carbocycles. The third kappa shape index (κ3) is 6.55. The predicted octanol–water partition coefficient (Wildman–Crippen LogP) is 3.73. The van der Waals surface area contributed by atoms with E-state index in [1.807, 2.05) is 42.5 Å². The highest BCUT2D eigenvalue weighted by Crippen LogP contribution is 2.24. The number of nitriles is 2. The van der Waals surface area contributed by atoms with Gasteiger partial charge in [0.2, 0.25) is 5.91 Å². The normalized spacial score (nSPS) is 10.3. The first-order chi connectivity index (χ1) is 16.1. The number of benzene rings is 2. The van der Waals surface area contributed by atoms with Crippen LogP contribution in [0.3, 0.4) is 0 Å². The lowest BCUT2D eigenvalue weighted by atomic mass is 10.3. The smallest absolute Gasteiger partial charge is 0.233 e. The lowest BCUT2D eigenvalue weighted by molar-refractivity contribution is -0.128. The van der Waals surface area contributed by atoms with Crippen LogP contribution in [0.15, 0.2) is 59.8 Å². The third-order valence-corrected chi connectivity index (χ3v) is 5.49. The largest absolute Gasteiger partial charge is 0.483 e. The number of carbonyl (C=O) groups is 1. The molecule has 0 bridgehead atoms. The van der Waals surface area contributed by atoms with Crippen molar-refractivity contribution in [1.82, 2.24) is 19.7 Å². The molecule has 0 saturated heterocycles. The molecule has 0 unspecified atom stereocenters. The van der Waals surface area contributed by atoms with Crippen LogP contribution < -0.4 is 4.74 Å². The monoisotopic (exact) mass is 464 g/mol. The molecule has 0 radical (unpaired) electrons. The van der Waals surface area contributed by atoms with Crippen LogP contribution in [-0.2, 0) is 11.4 Å². The maximum absolute atomic E-state index is 13.9. The Morgan fingerprint density at radius 1 is 1.03 bits per heavy atom. The van der Waals surface area contributed by atoms with Gasteiger partial charge in [0, 0.05) is 18.8 Å². The zero-order valence-corrected chi connectivity index (χ0v) is 18.5. The van der Waals surface area contributed by atoms with Gasteiger partial charge in [0.25, 0.3) is 0 Å². The molecule has 0 aliphatic carbocycles. The molecular weight excluding hydrogens is 443 g/mol. The molecule has 3 aromatic rings. The quantitative estimate of drug-likeness (QED) is 0.398. The SMILES string of the molecule is N#CCCN(CCC#N)C(=O)CSc1nnc(COc2ccccc2F)n1-c1ccccc1. The van der Waals surface area contributed by atoms with Gasteiger partial charge in [-0.2, -0.15) is 10.5 Å². The third-order valence-electron chi connectivity index (χ3n) is 4.57. The van der Waals surface area contributed by atoms with E-state index in [0.29, 0.717) is 11.0 Å². The molecule has 0 aliphatic rings. The Kier molecular flexibility index (Phi) is 8.80. The topological polar surface area (TPSA) is 108 Å². The number of para-hydroxylation sites is 2. The van der Waals surface area contributed by atoms with Crippen LogP contribution in [0, 0.1) is 28.5 Å². The average Bonchev–Trinajstić information content (AvgIpc) is 3.25. The summed E-state index contributed by atoms with van der Waals surface area (Å²) in [5, 5.41) is 26.5. The number of carbonyl (C=O) groups excluding carboxylic acids is 1. The minimum Gasteiger partial charge on any atom is -0.483 e. The fraction of sp³-hybridized carbons (Fsp3) is 0.261. The number of rotatable bonds is 11. The van der Waals surface area contributed by atoms with E-state index in [2.05, 4.69) is 10.2 Å². The Balaban J connectivity index is 1.77. The highest BCUT2D eigenvalue weighted by atomic mass is 32.2. The second-order valence-electron chi connectivity index (χ2n) is 6.77. The van der Waals surface area contributed by atoms with Crippen molar-refractivity contribution in [3.8, 4) is 23.6 Å². The Morgan fingerprint density at radius 2 is 1.70 bits per heavy atom. The van der Waals surface area contributed by atoms with Gasteiger partial charge >= 0.3 is 0 Å². The van der Waals surface area contributed by atoms with Crippen LogP contribution >= 0.6 is 11.8 Å². The fourth-order valence-electron chi connectivity index (χ4n) is 2.98. The maximum Gasteiger partial charge on any atom is 0.233 e. The van der Waals surface area contributed by atoms with Crippen LogP contribution in [0.25, 0.3) is 5.69 Å². The summed E-state index contributed by atoms with van der Waals surface area (Å²) < 4.78 is 21.3. The summed E-state index contributed by atoms with van der Waals surface area (Å²) >= 11 is 1.19. The molecule has 0 atom stereocenters. The molecule has 1 amide bonds. The molecule has 1 heterocycles. The summed E-state index contributed by atoms with van der Waals surface area (Å²) in [7, 11) is 0. The number of amides is 1. The zero-order chi connectivity index (χ0) is 23.5. The number of thioether (sulfide) groups is 1. The Bertz CT molecular complexity index is 1140. The van der Waals surface area contributed by atoms with Crippen molar-refractivity contribution in [2.24, 2.45) is 0 Å². The summed E-state index contributed by atoms with van der Waals surface area (Å²) in [4.78, 5) is 14.2. The van der Waals surface area contributed by atoms with Crippen LogP contribution in [0.5, 0.6) is 5.75 Å². The van der Waals surface area contributed by atoms with E-state index in [4.69, 9.17) is 15.3 Å². The first-order valence-corrected chi connectivity index (χ1v) is 11.1. The van der Waals surface area contributed by atoms with Crippen molar-refractivity contribution in [3.63, 3.8) is 0 Å². The fourth-order valence-corrected chi connectivity index (χ4v) is 3.85. The molecule has 1 aromatic heterocycles. The summed E-state index contributed by atoms with van der Waals surface area (Å²) in [5.41, 5.74) is 0.774. The highest BCUT2D eigenvalue weighted by molar-refractivity contribution is 7.99. The lowest BCUT2D eigenvalue weighted by Crippen LogP contribution is -2.34. The van der Waals surface area contributed by atoms with Gasteiger partial charge in [-0.3, -0.25) is 9.36 Å². The van der Waals surface area contributed by atoms with E-state index < -0.39 is 5.82 Å². The van der Waals surface area contributed by atoms with Gasteiger partial charge in [0.15, 0.2) is 22.5 Å². The van der Waals surface area contributed by atoms with E-state index in [1.54, 1.807) is 16.7 Å². The summed E-state index contributed by atoms with van der Waals surface area (Å²) in [5.74, 6) is -0.0494. The van der Waals surface area contributed by atoms with Gasteiger partial charge in [-0.15, -0.1) is 10.2 Å². The standard InChI is InChI=1S/C23H21FN6O2S/c24-19-10-4-5-11-20(19)32-16-21-27-28-23(30(21)18-8-2-1-3-9-18)33-17-22(31)29(14-6-12-25)15-7-13-26/h1-5,8-11H,6-7,14-17H2. The molecule has 0 spiro atoms. The summed E-state index contributed by atoms with van der Waals surface area (Å²) in [6.45, 7) is 0.517. The average molecular weight is 465 g/mol. The Morgan fingerprint density at radius 3 is 2.36 bits per heavy atom. The summed E-state index contributed by atoms with van der Waals surface area (Å²) in [6, 6.07) is 19.5. The number of nitrogens with zero attached hydrogens (tertiary/aromatic N) is 6. The van der Waals surface area contributed by atoms with E-state index >= 15 is 0 Å². The molecule has 10 heteroatoms. The molecule has 0 N–H and O–H groups in total. The van der Waals surface area contributed by atoms with Gasteiger partial charge in [0.1, 0.15) is 6.61 Å². The van der Waals surface area contributed by atoms with Gasteiger partial charge in [-0.05, 0) is 24.3 Å². The second-order valence-corrected chi connectivity index (χ2v) is 7.72. The van der Waals surface area contributed by atoms with E-state index in [1.165, 1.54) is 28.8 Å². The molecular formula is C23H21FN6O2S. The summed E-state index contributed by atoms with van der Waals surface area (Å²) in [6.07, 6.45) is 0.388. The van der Waals surface area contributed by atoms with Crippen molar-refractivity contribution < 1.29 is 13.9 Å². The van der Waals surface area contributed by atoms with Crippen LogP contribution in [0.4, 0.5) is 4.39 Å². The number of halogens is 1. The predicted molar refractivity (Wildman–Crippen MR) is 120 cm³/mol. The molecule has 3 rings (SSSR count). The zero-order valence-electron chi connectivity index (χ0n) is 17.7. The van der Waals surface area contributed by atoms with E-state index in [0.717, 1.165) is 5.69 Å². The lowest BCUT2D eigenvalue weighted by Gasteiger charge is -2.20. The van der Waals surface area contributed by atoms with E-state index in [-0.39, 0.29) is 49.9 Å². The molecule has 8 nitrogen and oxygen atoms in total. The number of hydrogen-bond acceptors (Lipinski definition) is 7. The number of hydrogen-bond donors (Lipinski definition) is 0. The Hall–Kier alpha value is -3.89. The van der Waals surface area contributed by atoms with Gasteiger partial charge in [-0.25, -0.2) is 4.39 Å². The molecule has 0 saturated carbocycles. The van der Waals surface area contributed by atoms with Crippen molar-refractivity contribution in [1.29, 1.82) is 10.5 Å². The first kappa shape index (κ1) is 23.8. The molecule has 0 fully saturated rings. The minimum atomic E-state index is -0.474. The van der Waals surface area contributed by atoms with Crippen molar-refractivity contribution >= 4 is 17.7 Å². The maximum atomic E-state index is 13.9. The number of ether oxygens (including phenoxy) is 1. The van der Waals surface area contributed by atoms with Crippen molar-refractivity contribution in [2.45, 2.75) is 24.6 Å². The second kappa shape index (κ2) is 12.2. The number of aromatic nitrogens is 3. The van der Waals surface area contributed by atoms with Crippen LogP contribution in [-0.4, -0.2) is 44.4 Å². The minimum absolute atomic E-state index is 0.0200. The van der Waals surface area contributed by atoms with Crippen molar-refractivity contribution in [2.75, 3.05) is 18.8 Å². The van der Waals surface area contributed by atoms with Crippen molar-refractivity contribution in [3.05, 3.63) is 66.2 Å².